The molecule has 0 aromatic rings. The zero-order valence-electron chi connectivity index (χ0n) is 11.0. The molecule has 1 atom stereocenters. The van der Waals surface area contributed by atoms with Crippen molar-refractivity contribution in [3.05, 3.63) is 0 Å². The normalized spacial score (nSPS) is 21.6. The Hall–Kier alpha value is -0.570. The molecule has 1 fully saturated rings. The van der Waals surface area contributed by atoms with E-state index in [0.717, 1.165) is 25.7 Å². The van der Waals surface area contributed by atoms with Gasteiger partial charge < -0.3 is 10.0 Å². The number of hydrogen-bond acceptors (Lipinski definition) is 2. The quantitative estimate of drug-likeness (QED) is 0.785. The molecule has 1 saturated carbocycles. The maximum absolute atomic E-state index is 11.4. The highest BCUT2D eigenvalue weighted by Crippen LogP contribution is 2.39. The molecule has 0 spiro atoms. The SMILES string of the molecule is CC(C)C(C)N(C)CC1(C(=O)O)CCCC1. The third kappa shape index (κ3) is 2.76. The van der Waals surface area contributed by atoms with Gasteiger partial charge >= 0.3 is 5.97 Å². The van der Waals surface area contributed by atoms with Crippen molar-refractivity contribution in [3.63, 3.8) is 0 Å². The van der Waals surface area contributed by atoms with Gasteiger partial charge in [-0.2, -0.15) is 0 Å². The summed E-state index contributed by atoms with van der Waals surface area (Å²) in [5.41, 5.74) is -0.474. The van der Waals surface area contributed by atoms with E-state index < -0.39 is 11.4 Å². The molecular formula is C13H25NO2. The molecule has 94 valence electrons. The van der Waals surface area contributed by atoms with Crippen LogP contribution in [0.15, 0.2) is 0 Å². The second kappa shape index (κ2) is 5.17. The van der Waals surface area contributed by atoms with Crippen molar-refractivity contribution in [2.45, 2.75) is 52.5 Å². The molecule has 0 aromatic carbocycles. The number of carboxylic acids is 1. The van der Waals surface area contributed by atoms with E-state index in [1.807, 2.05) is 7.05 Å². The van der Waals surface area contributed by atoms with Crippen LogP contribution in [0.3, 0.4) is 0 Å². The van der Waals surface area contributed by atoms with Crippen molar-refractivity contribution < 1.29 is 9.90 Å². The first-order valence-electron chi connectivity index (χ1n) is 6.33. The van der Waals surface area contributed by atoms with Crippen molar-refractivity contribution >= 4 is 5.97 Å². The standard InChI is InChI=1S/C13H25NO2/c1-10(2)11(3)14(4)9-13(12(15)16)7-5-6-8-13/h10-11H,5-9H2,1-4H3,(H,15,16). The van der Waals surface area contributed by atoms with Gasteiger partial charge in [-0.3, -0.25) is 4.79 Å². The highest BCUT2D eigenvalue weighted by atomic mass is 16.4. The molecule has 3 nitrogen and oxygen atoms in total. The molecule has 0 heterocycles. The summed E-state index contributed by atoms with van der Waals surface area (Å²) < 4.78 is 0. The second-order valence-electron chi connectivity index (χ2n) is 5.69. The molecule has 1 aliphatic rings. The van der Waals surface area contributed by atoms with E-state index in [4.69, 9.17) is 0 Å². The van der Waals surface area contributed by atoms with Crippen LogP contribution < -0.4 is 0 Å². The summed E-state index contributed by atoms with van der Waals surface area (Å²) >= 11 is 0. The molecule has 1 unspecified atom stereocenters. The van der Waals surface area contributed by atoms with Gasteiger partial charge in [-0.1, -0.05) is 26.7 Å². The van der Waals surface area contributed by atoms with Crippen LogP contribution in [-0.4, -0.2) is 35.6 Å². The molecular weight excluding hydrogens is 202 g/mol. The summed E-state index contributed by atoms with van der Waals surface area (Å²) in [7, 11) is 2.05. The van der Waals surface area contributed by atoms with Crippen LogP contribution in [0.1, 0.15) is 46.5 Å². The smallest absolute Gasteiger partial charge is 0.310 e. The van der Waals surface area contributed by atoms with Crippen LogP contribution in [0.5, 0.6) is 0 Å². The Kier molecular flexibility index (Phi) is 4.36. The van der Waals surface area contributed by atoms with Gasteiger partial charge in [-0.15, -0.1) is 0 Å². The lowest BCUT2D eigenvalue weighted by Crippen LogP contribution is -2.44. The van der Waals surface area contributed by atoms with E-state index in [9.17, 15) is 9.90 Å². The first-order valence-corrected chi connectivity index (χ1v) is 6.33. The Labute approximate surface area is 98.8 Å². The number of carboxylic acid groups (broad SMARTS) is 1. The number of nitrogens with zero attached hydrogens (tertiary/aromatic N) is 1. The Bertz CT molecular complexity index is 244. The van der Waals surface area contributed by atoms with E-state index >= 15 is 0 Å². The lowest BCUT2D eigenvalue weighted by Gasteiger charge is -2.35. The number of hydrogen-bond donors (Lipinski definition) is 1. The Morgan fingerprint density at radius 3 is 2.19 bits per heavy atom. The lowest BCUT2D eigenvalue weighted by atomic mass is 9.85. The molecule has 0 aromatic heterocycles. The van der Waals surface area contributed by atoms with Gasteiger partial charge in [0.2, 0.25) is 0 Å². The molecule has 0 saturated heterocycles. The van der Waals surface area contributed by atoms with Crippen LogP contribution in [-0.2, 0) is 4.79 Å². The molecule has 0 aliphatic heterocycles. The van der Waals surface area contributed by atoms with Gasteiger partial charge in [0.1, 0.15) is 0 Å². The molecule has 0 bridgehead atoms. The zero-order chi connectivity index (χ0) is 12.3. The largest absolute Gasteiger partial charge is 0.481 e. The lowest BCUT2D eigenvalue weighted by molar-refractivity contribution is -0.150. The molecule has 0 radical (unpaired) electrons. The number of aliphatic carboxylic acids is 1. The molecule has 1 aliphatic carbocycles. The topological polar surface area (TPSA) is 40.5 Å². The minimum atomic E-state index is -0.604. The van der Waals surface area contributed by atoms with E-state index in [-0.39, 0.29) is 0 Å². The number of rotatable bonds is 5. The van der Waals surface area contributed by atoms with E-state index in [0.29, 0.717) is 18.5 Å². The predicted molar refractivity (Wildman–Crippen MR) is 65.5 cm³/mol. The van der Waals surface area contributed by atoms with Gasteiger partial charge in [0, 0.05) is 12.6 Å². The van der Waals surface area contributed by atoms with E-state index in [1.54, 1.807) is 0 Å². The summed E-state index contributed by atoms with van der Waals surface area (Å²) in [6, 6.07) is 0.442. The van der Waals surface area contributed by atoms with Gasteiger partial charge in [0.05, 0.1) is 5.41 Å². The summed E-state index contributed by atoms with van der Waals surface area (Å²) in [6.45, 7) is 7.24. The first kappa shape index (κ1) is 13.5. The third-order valence-corrected chi connectivity index (χ3v) is 4.23. The third-order valence-electron chi connectivity index (χ3n) is 4.23. The van der Waals surface area contributed by atoms with Crippen LogP contribution in [0.25, 0.3) is 0 Å². The summed E-state index contributed by atoms with van der Waals surface area (Å²) in [5, 5.41) is 9.41. The van der Waals surface area contributed by atoms with Crippen LogP contribution in [0.2, 0.25) is 0 Å². The summed E-state index contributed by atoms with van der Waals surface area (Å²) in [6.07, 6.45) is 3.82. The van der Waals surface area contributed by atoms with Crippen LogP contribution in [0, 0.1) is 11.3 Å². The minimum absolute atomic E-state index is 0.442. The molecule has 1 rings (SSSR count). The van der Waals surface area contributed by atoms with Gasteiger partial charge in [-0.25, -0.2) is 0 Å². The number of carbonyl (C=O) groups is 1. The highest BCUT2D eigenvalue weighted by molar-refractivity contribution is 5.75. The zero-order valence-corrected chi connectivity index (χ0v) is 11.0. The Morgan fingerprint density at radius 2 is 1.81 bits per heavy atom. The molecule has 1 N–H and O–H groups in total. The minimum Gasteiger partial charge on any atom is -0.481 e. The van der Waals surface area contributed by atoms with Crippen molar-refractivity contribution in [3.8, 4) is 0 Å². The van der Waals surface area contributed by atoms with Crippen molar-refractivity contribution in [2.24, 2.45) is 11.3 Å². The summed E-state index contributed by atoms with van der Waals surface area (Å²) in [4.78, 5) is 13.6. The molecule has 0 amide bonds. The van der Waals surface area contributed by atoms with Crippen molar-refractivity contribution in [1.29, 1.82) is 0 Å². The van der Waals surface area contributed by atoms with Gasteiger partial charge in [0.25, 0.3) is 0 Å². The molecule has 16 heavy (non-hydrogen) atoms. The fraction of sp³-hybridized carbons (Fsp3) is 0.923. The average Bonchev–Trinajstić information content (AvgIpc) is 2.66. The van der Waals surface area contributed by atoms with E-state index in [2.05, 4.69) is 25.7 Å². The molecule has 3 heteroatoms. The average molecular weight is 227 g/mol. The van der Waals surface area contributed by atoms with Gasteiger partial charge in [-0.05, 0) is 32.7 Å². The van der Waals surface area contributed by atoms with Crippen molar-refractivity contribution in [1.82, 2.24) is 4.90 Å². The first-order chi connectivity index (χ1) is 7.39. The fourth-order valence-corrected chi connectivity index (χ4v) is 2.62. The second-order valence-corrected chi connectivity index (χ2v) is 5.69. The van der Waals surface area contributed by atoms with Crippen molar-refractivity contribution in [2.75, 3.05) is 13.6 Å². The fourth-order valence-electron chi connectivity index (χ4n) is 2.62. The predicted octanol–water partition coefficient (Wildman–Crippen LogP) is 2.61. The maximum atomic E-state index is 11.4. The summed E-state index contributed by atoms with van der Waals surface area (Å²) in [5.74, 6) is -0.0370. The Morgan fingerprint density at radius 1 is 1.31 bits per heavy atom. The van der Waals surface area contributed by atoms with Crippen LogP contribution in [0.4, 0.5) is 0 Å². The van der Waals surface area contributed by atoms with Gasteiger partial charge in [0.15, 0.2) is 0 Å². The Balaban J connectivity index is 2.66. The maximum Gasteiger partial charge on any atom is 0.310 e. The van der Waals surface area contributed by atoms with Crippen LogP contribution >= 0.6 is 0 Å². The van der Waals surface area contributed by atoms with E-state index in [1.165, 1.54) is 0 Å². The monoisotopic (exact) mass is 227 g/mol. The highest BCUT2D eigenvalue weighted by Gasteiger charge is 2.42.